The number of ether oxygens (including phenoxy) is 1. The Morgan fingerprint density at radius 2 is 1.67 bits per heavy atom. The van der Waals surface area contributed by atoms with Crippen molar-refractivity contribution in [3.8, 4) is 5.75 Å². The Labute approximate surface area is 91.4 Å². The molecular weight excluding hydrogens is 188 g/mol. The molecule has 0 bridgehead atoms. The molecule has 0 aliphatic rings. The zero-order valence-corrected chi connectivity index (χ0v) is 9.33. The summed E-state index contributed by atoms with van der Waals surface area (Å²) in [5, 5.41) is 0. The number of rotatable bonds is 6. The van der Waals surface area contributed by atoms with Crippen molar-refractivity contribution in [2.24, 2.45) is 11.5 Å². The Kier molecular flexibility index (Phi) is 5.15. The third kappa shape index (κ3) is 3.90. The molecule has 0 unspecified atom stereocenters. The van der Waals surface area contributed by atoms with E-state index in [4.69, 9.17) is 16.2 Å². The molecule has 84 valence electrons. The second-order valence-electron chi connectivity index (χ2n) is 3.60. The summed E-state index contributed by atoms with van der Waals surface area (Å²) in [7, 11) is 0. The molecule has 15 heavy (non-hydrogen) atoms. The zero-order valence-electron chi connectivity index (χ0n) is 9.33. The minimum Gasteiger partial charge on any atom is -0.494 e. The summed E-state index contributed by atoms with van der Waals surface area (Å²) in [5.41, 5.74) is 13.3. The highest BCUT2D eigenvalue weighted by Gasteiger charge is 2.00. The van der Waals surface area contributed by atoms with Gasteiger partial charge < -0.3 is 16.2 Å². The quantitative estimate of drug-likeness (QED) is 0.700. The average Bonchev–Trinajstić information content (AvgIpc) is 2.29. The Hall–Kier alpha value is -1.06. The van der Waals surface area contributed by atoms with Crippen LogP contribution in [0.15, 0.2) is 18.2 Å². The normalized spacial score (nSPS) is 10.3. The van der Waals surface area contributed by atoms with Gasteiger partial charge in [0.2, 0.25) is 0 Å². The minimum absolute atomic E-state index is 0.526. The smallest absolute Gasteiger partial charge is 0.119 e. The summed E-state index contributed by atoms with van der Waals surface area (Å²) >= 11 is 0. The first-order chi connectivity index (χ1) is 7.30. The van der Waals surface area contributed by atoms with Gasteiger partial charge in [0.1, 0.15) is 5.75 Å². The number of benzene rings is 1. The number of unbranched alkanes of at least 4 members (excludes halogenated alkanes) is 1. The van der Waals surface area contributed by atoms with Crippen LogP contribution in [0.25, 0.3) is 0 Å². The van der Waals surface area contributed by atoms with Gasteiger partial charge in [0.25, 0.3) is 0 Å². The Bertz CT molecular complexity index is 277. The fourth-order valence-corrected chi connectivity index (χ4v) is 1.38. The van der Waals surface area contributed by atoms with Crippen LogP contribution in [0.3, 0.4) is 0 Å². The third-order valence-electron chi connectivity index (χ3n) is 2.26. The summed E-state index contributed by atoms with van der Waals surface area (Å²) in [4.78, 5) is 0. The van der Waals surface area contributed by atoms with Crippen LogP contribution in [0.4, 0.5) is 0 Å². The molecule has 3 heteroatoms. The average molecular weight is 208 g/mol. The number of nitrogens with two attached hydrogens (primary N) is 2. The summed E-state index contributed by atoms with van der Waals surface area (Å²) in [6.07, 6.45) is 2.21. The maximum atomic E-state index is 5.62. The lowest BCUT2D eigenvalue weighted by atomic mass is 10.1. The van der Waals surface area contributed by atoms with Crippen molar-refractivity contribution < 1.29 is 4.74 Å². The van der Waals surface area contributed by atoms with Crippen molar-refractivity contribution in [2.75, 3.05) is 6.61 Å². The molecule has 0 saturated carbocycles. The van der Waals surface area contributed by atoms with E-state index in [1.54, 1.807) is 0 Å². The molecule has 0 spiro atoms. The number of hydrogen-bond donors (Lipinski definition) is 2. The second kappa shape index (κ2) is 6.43. The summed E-state index contributed by atoms with van der Waals surface area (Å²) < 4.78 is 5.62. The molecule has 0 fully saturated rings. The first-order valence-electron chi connectivity index (χ1n) is 5.46. The molecule has 0 radical (unpaired) electrons. The van der Waals surface area contributed by atoms with Crippen LogP contribution in [0.1, 0.15) is 30.9 Å². The van der Waals surface area contributed by atoms with E-state index in [-0.39, 0.29) is 0 Å². The van der Waals surface area contributed by atoms with Gasteiger partial charge in [-0.15, -0.1) is 0 Å². The summed E-state index contributed by atoms with van der Waals surface area (Å²) in [6, 6.07) is 5.98. The van der Waals surface area contributed by atoms with Gasteiger partial charge in [-0.1, -0.05) is 19.4 Å². The molecule has 0 aliphatic heterocycles. The third-order valence-corrected chi connectivity index (χ3v) is 2.26. The van der Waals surface area contributed by atoms with Gasteiger partial charge in [-0.25, -0.2) is 0 Å². The molecule has 1 rings (SSSR count). The molecule has 0 amide bonds. The molecule has 0 aliphatic carbocycles. The highest BCUT2D eigenvalue weighted by atomic mass is 16.5. The molecule has 0 atom stereocenters. The molecule has 1 aromatic carbocycles. The predicted molar refractivity (Wildman–Crippen MR) is 62.6 cm³/mol. The number of hydrogen-bond acceptors (Lipinski definition) is 3. The van der Waals surface area contributed by atoms with E-state index in [1.165, 1.54) is 0 Å². The lowest BCUT2D eigenvalue weighted by Gasteiger charge is -2.09. The van der Waals surface area contributed by atoms with Crippen molar-refractivity contribution in [3.63, 3.8) is 0 Å². The monoisotopic (exact) mass is 208 g/mol. The van der Waals surface area contributed by atoms with Crippen LogP contribution >= 0.6 is 0 Å². The van der Waals surface area contributed by atoms with E-state index in [0.717, 1.165) is 36.3 Å². The van der Waals surface area contributed by atoms with E-state index in [9.17, 15) is 0 Å². The molecule has 4 N–H and O–H groups in total. The summed E-state index contributed by atoms with van der Waals surface area (Å²) in [6.45, 7) is 3.95. The topological polar surface area (TPSA) is 61.3 Å². The fourth-order valence-electron chi connectivity index (χ4n) is 1.38. The van der Waals surface area contributed by atoms with Crippen molar-refractivity contribution in [1.82, 2.24) is 0 Å². The summed E-state index contributed by atoms with van der Waals surface area (Å²) in [5.74, 6) is 0.881. The molecule has 0 heterocycles. The van der Waals surface area contributed by atoms with Gasteiger partial charge in [-0.2, -0.15) is 0 Å². The second-order valence-corrected chi connectivity index (χ2v) is 3.60. The van der Waals surface area contributed by atoms with Crippen molar-refractivity contribution in [3.05, 3.63) is 29.3 Å². The maximum absolute atomic E-state index is 5.62. The van der Waals surface area contributed by atoms with Crippen molar-refractivity contribution >= 4 is 0 Å². The van der Waals surface area contributed by atoms with Gasteiger partial charge >= 0.3 is 0 Å². The van der Waals surface area contributed by atoms with Crippen LogP contribution in [0, 0.1) is 0 Å². The van der Waals surface area contributed by atoms with Crippen LogP contribution < -0.4 is 16.2 Å². The van der Waals surface area contributed by atoms with Gasteiger partial charge in [0.05, 0.1) is 6.61 Å². The Balaban J connectivity index is 2.68. The van der Waals surface area contributed by atoms with Crippen molar-refractivity contribution in [1.29, 1.82) is 0 Å². The van der Waals surface area contributed by atoms with E-state index in [0.29, 0.717) is 13.1 Å². The molecule has 1 aromatic rings. The highest BCUT2D eigenvalue weighted by molar-refractivity contribution is 5.34. The van der Waals surface area contributed by atoms with Gasteiger partial charge in [-0.05, 0) is 29.7 Å². The van der Waals surface area contributed by atoms with Crippen LogP contribution in [0.5, 0.6) is 5.75 Å². The van der Waals surface area contributed by atoms with Crippen LogP contribution in [-0.2, 0) is 13.1 Å². The fraction of sp³-hybridized carbons (Fsp3) is 0.500. The standard InChI is InChI=1S/C12H20N2O/c1-2-3-4-15-12-6-10(8-13)5-11(7-12)9-14/h5-7H,2-4,8-9,13-14H2,1H3. The van der Waals surface area contributed by atoms with E-state index in [1.807, 2.05) is 18.2 Å². The Morgan fingerprint density at radius 3 is 2.13 bits per heavy atom. The first-order valence-corrected chi connectivity index (χ1v) is 5.46. The first kappa shape index (κ1) is 12.0. The van der Waals surface area contributed by atoms with Gasteiger partial charge in [0, 0.05) is 13.1 Å². The molecule has 0 aromatic heterocycles. The molecule has 3 nitrogen and oxygen atoms in total. The Morgan fingerprint density at radius 1 is 1.07 bits per heavy atom. The van der Waals surface area contributed by atoms with Crippen molar-refractivity contribution in [2.45, 2.75) is 32.9 Å². The predicted octanol–water partition coefficient (Wildman–Crippen LogP) is 1.78. The van der Waals surface area contributed by atoms with E-state index < -0.39 is 0 Å². The maximum Gasteiger partial charge on any atom is 0.119 e. The SMILES string of the molecule is CCCCOc1cc(CN)cc(CN)c1. The molecular formula is C12H20N2O. The van der Waals surface area contributed by atoms with Crippen LogP contribution in [0.2, 0.25) is 0 Å². The van der Waals surface area contributed by atoms with Gasteiger partial charge in [-0.3, -0.25) is 0 Å². The lowest BCUT2D eigenvalue weighted by Crippen LogP contribution is -2.04. The lowest BCUT2D eigenvalue weighted by molar-refractivity contribution is 0.309. The van der Waals surface area contributed by atoms with E-state index in [2.05, 4.69) is 6.92 Å². The zero-order chi connectivity index (χ0) is 11.1. The highest BCUT2D eigenvalue weighted by Crippen LogP contribution is 2.17. The largest absolute Gasteiger partial charge is 0.494 e. The molecule has 0 saturated heterocycles. The van der Waals surface area contributed by atoms with Gasteiger partial charge in [0.15, 0.2) is 0 Å². The minimum atomic E-state index is 0.526. The van der Waals surface area contributed by atoms with E-state index >= 15 is 0 Å². The van der Waals surface area contributed by atoms with Crippen LogP contribution in [-0.4, -0.2) is 6.61 Å².